The minimum absolute atomic E-state index is 0.00944. The molecule has 0 fully saturated rings. The molecule has 152 valence electrons. The number of esters is 1. The van der Waals surface area contributed by atoms with Crippen LogP contribution < -0.4 is 15.6 Å². The molecule has 0 radical (unpaired) electrons. The molecule has 1 aromatic rings. The number of hydrogen-bond donors (Lipinski definition) is 2. The molecule has 9 nitrogen and oxygen atoms in total. The maximum absolute atomic E-state index is 12.2. The number of carbonyl (C=O) groups is 2. The van der Waals surface area contributed by atoms with Gasteiger partial charge in [0, 0.05) is 18.1 Å². The summed E-state index contributed by atoms with van der Waals surface area (Å²) >= 11 is 0. The molecule has 2 N–H and O–H groups in total. The third-order valence-electron chi connectivity index (χ3n) is 3.72. The summed E-state index contributed by atoms with van der Waals surface area (Å²) in [6, 6.07) is 4.57. The summed E-state index contributed by atoms with van der Waals surface area (Å²) in [5.74, 6) is -1.72. The first-order valence-electron chi connectivity index (χ1n) is 7.98. The molecule has 2 heterocycles. The Morgan fingerprint density at radius 1 is 1.21 bits per heavy atom. The Hall–Kier alpha value is -3.83. The van der Waals surface area contributed by atoms with Crippen molar-refractivity contribution in [3.05, 3.63) is 52.6 Å². The van der Waals surface area contributed by atoms with E-state index in [1.807, 2.05) is 0 Å². The molecule has 2 aliphatic rings. The number of rotatable bonds is 5. The highest BCUT2D eigenvalue weighted by Crippen LogP contribution is 2.24. The summed E-state index contributed by atoms with van der Waals surface area (Å²) in [7, 11) is 1.16. The number of methoxy groups -OCH3 is 1. The molecule has 1 aromatic carbocycles. The maximum atomic E-state index is 12.2. The van der Waals surface area contributed by atoms with Crippen molar-refractivity contribution in [2.24, 2.45) is 0 Å². The number of aromatic amines is 1. The Bertz CT molecular complexity index is 1070. The number of aromatic nitrogens is 3. The minimum Gasteiger partial charge on any atom is -0.465 e. The van der Waals surface area contributed by atoms with E-state index in [0.29, 0.717) is 0 Å². The van der Waals surface area contributed by atoms with E-state index < -0.39 is 29.5 Å². The van der Waals surface area contributed by atoms with Gasteiger partial charge in [-0.1, -0.05) is 0 Å². The Balaban J connectivity index is 1.76. The van der Waals surface area contributed by atoms with E-state index in [1.165, 1.54) is 29.1 Å². The van der Waals surface area contributed by atoms with Crippen LogP contribution in [0.25, 0.3) is 11.3 Å². The number of benzene rings is 1. The van der Waals surface area contributed by atoms with Gasteiger partial charge >= 0.3 is 12.3 Å². The zero-order valence-corrected chi connectivity index (χ0v) is 14.7. The number of H-pyrrole nitrogens is 1. The van der Waals surface area contributed by atoms with E-state index in [1.54, 1.807) is 0 Å². The second kappa shape index (κ2) is 7.66. The van der Waals surface area contributed by atoms with Gasteiger partial charge in [0.25, 0.3) is 5.56 Å². The van der Waals surface area contributed by atoms with Crippen molar-refractivity contribution in [2.75, 3.05) is 12.4 Å². The topological polar surface area (TPSA) is 115 Å². The monoisotopic (exact) mass is 410 g/mol. The van der Waals surface area contributed by atoms with Crippen LogP contribution in [-0.2, 0) is 16.1 Å². The number of nitrogens with zero attached hydrogens (tertiary/aromatic N) is 2. The lowest BCUT2D eigenvalue weighted by atomic mass is 10.1. The number of alkyl halides is 3. The molecule has 0 spiro atoms. The SMILES string of the molecule is COC(=O)c1cn(CC(=O)Nc2ccc(OC(F)(F)F)cc2)cc2c(=O)[nH]nc1-2. The fourth-order valence-corrected chi connectivity index (χ4v) is 2.55. The third-order valence-corrected chi connectivity index (χ3v) is 3.72. The van der Waals surface area contributed by atoms with E-state index in [4.69, 9.17) is 0 Å². The number of nitrogens with one attached hydrogen (secondary N) is 2. The van der Waals surface area contributed by atoms with Crippen LogP contribution in [0.15, 0.2) is 41.5 Å². The van der Waals surface area contributed by atoms with Crippen LogP contribution >= 0.6 is 0 Å². The predicted octanol–water partition coefficient (Wildman–Crippen LogP) is 2.00. The zero-order chi connectivity index (χ0) is 21.2. The van der Waals surface area contributed by atoms with Gasteiger partial charge in [-0.2, -0.15) is 5.10 Å². The first kappa shape index (κ1) is 19.9. The second-order valence-electron chi connectivity index (χ2n) is 5.77. The van der Waals surface area contributed by atoms with E-state index in [0.717, 1.165) is 19.2 Å². The average Bonchev–Trinajstić information content (AvgIpc) is 3.02. The fraction of sp³-hybridized carbons (Fsp3) is 0.176. The van der Waals surface area contributed by atoms with E-state index in [2.05, 4.69) is 25.0 Å². The number of hydrogen-bond acceptors (Lipinski definition) is 6. The van der Waals surface area contributed by atoms with Crippen molar-refractivity contribution in [2.45, 2.75) is 12.9 Å². The third kappa shape index (κ3) is 4.72. The van der Waals surface area contributed by atoms with E-state index in [-0.39, 0.29) is 29.1 Å². The van der Waals surface area contributed by atoms with Crippen LogP contribution in [0, 0.1) is 0 Å². The van der Waals surface area contributed by atoms with Crippen molar-refractivity contribution < 1.29 is 32.2 Å². The Labute approximate surface area is 160 Å². The summed E-state index contributed by atoms with van der Waals surface area (Å²) in [6.07, 6.45) is -2.17. The number of carbonyl (C=O) groups excluding carboxylic acids is 2. The summed E-state index contributed by atoms with van der Waals surface area (Å²) in [6.45, 7) is -0.286. The predicted molar refractivity (Wildman–Crippen MR) is 92.6 cm³/mol. The molecule has 2 aliphatic heterocycles. The Morgan fingerprint density at radius 3 is 2.52 bits per heavy atom. The first-order valence-corrected chi connectivity index (χ1v) is 7.98. The summed E-state index contributed by atoms with van der Waals surface area (Å²) in [5, 5.41) is 8.47. The molecule has 0 unspecified atom stereocenters. The van der Waals surface area contributed by atoms with Gasteiger partial charge in [0.15, 0.2) is 0 Å². The van der Waals surface area contributed by atoms with Crippen LogP contribution in [0.5, 0.6) is 5.75 Å². The highest BCUT2D eigenvalue weighted by Gasteiger charge is 2.31. The molecular formula is C17H13F3N4O5. The second-order valence-corrected chi connectivity index (χ2v) is 5.77. The van der Waals surface area contributed by atoms with Gasteiger partial charge in [0.1, 0.15) is 23.6 Å². The van der Waals surface area contributed by atoms with Gasteiger partial charge in [-0.25, -0.2) is 9.89 Å². The van der Waals surface area contributed by atoms with Crippen molar-refractivity contribution in [1.29, 1.82) is 0 Å². The van der Waals surface area contributed by atoms with Crippen LogP contribution in [0.1, 0.15) is 10.4 Å². The normalized spacial score (nSPS) is 11.3. The van der Waals surface area contributed by atoms with E-state index in [9.17, 15) is 27.6 Å². The molecule has 29 heavy (non-hydrogen) atoms. The smallest absolute Gasteiger partial charge is 0.465 e. The van der Waals surface area contributed by atoms with Crippen LogP contribution in [-0.4, -0.2) is 40.1 Å². The van der Waals surface area contributed by atoms with Crippen molar-refractivity contribution >= 4 is 17.6 Å². The first-order chi connectivity index (χ1) is 13.7. The zero-order valence-electron chi connectivity index (χ0n) is 14.7. The summed E-state index contributed by atoms with van der Waals surface area (Å²) in [5.41, 5.74) is -0.120. The number of amides is 1. The van der Waals surface area contributed by atoms with Gasteiger partial charge in [0.05, 0.1) is 12.7 Å². The number of fused-ring (bicyclic) bond motifs is 1. The average molecular weight is 410 g/mol. The Kier molecular flexibility index (Phi) is 5.26. The van der Waals surface area contributed by atoms with Crippen molar-refractivity contribution in [1.82, 2.24) is 14.8 Å². The number of ether oxygens (including phenoxy) is 2. The molecule has 0 aromatic heterocycles. The van der Waals surface area contributed by atoms with Crippen LogP contribution in [0.4, 0.5) is 18.9 Å². The standard InChI is InChI=1S/C17H13F3N4O5/c1-28-16(27)12-7-24(6-11-14(12)22-23-15(11)26)8-13(25)21-9-2-4-10(5-3-9)29-17(18,19)20/h2-7H,8H2,1H3,(H,21,25)(H,23,26). The van der Waals surface area contributed by atoms with Crippen LogP contribution in [0.3, 0.4) is 0 Å². The Morgan fingerprint density at radius 2 is 1.90 bits per heavy atom. The highest BCUT2D eigenvalue weighted by molar-refractivity contribution is 5.96. The van der Waals surface area contributed by atoms with Gasteiger partial charge in [-0.15, -0.1) is 13.2 Å². The molecular weight excluding hydrogens is 397 g/mol. The molecule has 1 amide bonds. The lowest BCUT2D eigenvalue weighted by Gasteiger charge is -2.12. The quantitative estimate of drug-likeness (QED) is 0.622. The summed E-state index contributed by atoms with van der Waals surface area (Å²) < 4.78 is 46.2. The number of halogens is 3. The molecule has 0 atom stereocenters. The molecule has 0 saturated heterocycles. The molecule has 0 aliphatic carbocycles. The van der Waals surface area contributed by atoms with Crippen molar-refractivity contribution in [3.8, 4) is 17.0 Å². The maximum Gasteiger partial charge on any atom is 0.573 e. The number of pyridine rings is 1. The minimum atomic E-state index is -4.81. The van der Waals surface area contributed by atoms with Gasteiger partial charge in [-0.3, -0.25) is 9.59 Å². The molecule has 0 bridgehead atoms. The summed E-state index contributed by atoms with van der Waals surface area (Å²) in [4.78, 5) is 36.0. The lowest BCUT2D eigenvalue weighted by Crippen LogP contribution is -2.21. The van der Waals surface area contributed by atoms with Gasteiger partial charge in [0.2, 0.25) is 5.91 Å². The molecule has 12 heteroatoms. The fourth-order valence-electron chi connectivity index (χ4n) is 2.55. The van der Waals surface area contributed by atoms with Crippen molar-refractivity contribution in [3.63, 3.8) is 0 Å². The number of anilines is 1. The molecule has 0 saturated carbocycles. The molecule has 3 rings (SSSR count). The largest absolute Gasteiger partial charge is 0.573 e. The lowest BCUT2D eigenvalue weighted by molar-refractivity contribution is -0.274. The van der Waals surface area contributed by atoms with Gasteiger partial charge in [-0.05, 0) is 24.3 Å². The van der Waals surface area contributed by atoms with Crippen LogP contribution in [0.2, 0.25) is 0 Å². The van der Waals surface area contributed by atoms with E-state index >= 15 is 0 Å². The van der Waals surface area contributed by atoms with Gasteiger partial charge < -0.3 is 19.4 Å². The highest BCUT2D eigenvalue weighted by atomic mass is 19.4.